The molecule has 0 bridgehead atoms. The lowest BCUT2D eigenvalue weighted by Crippen LogP contribution is -2.47. The molecule has 2 heterocycles. The number of aliphatic hydroxyl groups is 1. The third-order valence-electron chi connectivity index (χ3n) is 5.46. The molecule has 3 fully saturated rings. The molecule has 4 heteroatoms. The number of aromatic nitrogens is 2. The SMILES string of the molecule is O[C@@H]1CCC[C@]12CCCN(c1cc(C3CC3)ncn1)C2. The van der Waals surface area contributed by atoms with Crippen LogP contribution in [0.3, 0.4) is 0 Å². The van der Waals surface area contributed by atoms with Crippen LogP contribution >= 0.6 is 0 Å². The van der Waals surface area contributed by atoms with E-state index < -0.39 is 0 Å². The molecule has 0 amide bonds. The van der Waals surface area contributed by atoms with Crippen molar-refractivity contribution >= 4 is 5.82 Å². The molecule has 1 aliphatic heterocycles. The number of hydrogen-bond donors (Lipinski definition) is 1. The number of piperidine rings is 1. The standard InChI is InChI=1S/C16H23N3O/c20-14-3-1-6-16(14)7-2-8-19(10-16)15-9-13(12-4-5-12)17-11-18-15/h9,11-12,14,20H,1-8,10H2/t14-,16-/m1/s1. The Balaban J connectivity index is 1.57. The summed E-state index contributed by atoms with van der Waals surface area (Å²) in [7, 11) is 0. The molecule has 0 aromatic carbocycles. The minimum atomic E-state index is -0.116. The van der Waals surface area contributed by atoms with Gasteiger partial charge in [-0.05, 0) is 38.5 Å². The zero-order valence-corrected chi connectivity index (χ0v) is 12.0. The molecular weight excluding hydrogens is 250 g/mol. The van der Waals surface area contributed by atoms with Crippen LogP contribution < -0.4 is 4.90 Å². The van der Waals surface area contributed by atoms with Crippen LogP contribution in [0, 0.1) is 5.41 Å². The second-order valence-electron chi connectivity index (χ2n) is 6.87. The van der Waals surface area contributed by atoms with Crippen molar-refractivity contribution in [2.24, 2.45) is 5.41 Å². The van der Waals surface area contributed by atoms with Gasteiger partial charge < -0.3 is 10.0 Å². The highest BCUT2D eigenvalue weighted by Crippen LogP contribution is 2.46. The van der Waals surface area contributed by atoms with Crippen LogP contribution in [0.25, 0.3) is 0 Å². The van der Waals surface area contributed by atoms with Crippen molar-refractivity contribution in [1.82, 2.24) is 9.97 Å². The van der Waals surface area contributed by atoms with Gasteiger partial charge in [0.05, 0.1) is 6.10 Å². The molecule has 1 aromatic heterocycles. The molecule has 1 aromatic rings. The predicted octanol–water partition coefficient (Wildman–Crippen LogP) is 2.49. The second-order valence-corrected chi connectivity index (χ2v) is 6.87. The summed E-state index contributed by atoms with van der Waals surface area (Å²) in [6.07, 6.45) is 9.82. The van der Waals surface area contributed by atoms with E-state index in [2.05, 4.69) is 20.9 Å². The van der Waals surface area contributed by atoms with Gasteiger partial charge in [-0.3, -0.25) is 0 Å². The van der Waals surface area contributed by atoms with Crippen LogP contribution in [0.2, 0.25) is 0 Å². The number of hydrogen-bond acceptors (Lipinski definition) is 4. The number of aliphatic hydroxyl groups excluding tert-OH is 1. The highest BCUT2D eigenvalue weighted by atomic mass is 16.3. The first-order valence-electron chi connectivity index (χ1n) is 8.02. The van der Waals surface area contributed by atoms with Gasteiger partial charge in [0.25, 0.3) is 0 Å². The minimum Gasteiger partial charge on any atom is -0.392 e. The van der Waals surface area contributed by atoms with Crippen LogP contribution in [-0.2, 0) is 0 Å². The molecular formula is C16H23N3O. The van der Waals surface area contributed by atoms with Gasteiger partial charge in [0.2, 0.25) is 0 Å². The Morgan fingerprint density at radius 3 is 2.75 bits per heavy atom. The van der Waals surface area contributed by atoms with Gasteiger partial charge >= 0.3 is 0 Å². The van der Waals surface area contributed by atoms with Gasteiger partial charge in [-0.15, -0.1) is 0 Å². The lowest BCUT2D eigenvalue weighted by molar-refractivity contribution is 0.0408. The van der Waals surface area contributed by atoms with Crippen LogP contribution in [0.15, 0.2) is 12.4 Å². The van der Waals surface area contributed by atoms with Crippen molar-refractivity contribution in [3.63, 3.8) is 0 Å². The van der Waals surface area contributed by atoms with E-state index in [-0.39, 0.29) is 11.5 Å². The Bertz CT molecular complexity index is 502. The lowest BCUT2D eigenvalue weighted by Gasteiger charge is -2.43. The van der Waals surface area contributed by atoms with Gasteiger partial charge in [-0.25, -0.2) is 9.97 Å². The van der Waals surface area contributed by atoms with E-state index in [0.29, 0.717) is 5.92 Å². The van der Waals surface area contributed by atoms with E-state index in [1.807, 2.05) is 0 Å². The maximum atomic E-state index is 10.4. The Hall–Kier alpha value is -1.16. The van der Waals surface area contributed by atoms with Crippen LogP contribution in [0.1, 0.15) is 56.6 Å². The molecule has 0 unspecified atom stereocenters. The molecule has 108 valence electrons. The second kappa shape index (κ2) is 4.69. The normalized spacial score (nSPS) is 33.9. The lowest BCUT2D eigenvalue weighted by atomic mass is 9.76. The molecule has 20 heavy (non-hydrogen) atoms. The average molecular weight is 273 g/mol. The fourth-order valence-corrected chi connectivity index (χ4v) is 4.09. The van der Waals surface area contributed by atoms with Crippen LogP contribution in [-0.4, -0.2) is 34.3 Å². The minimum absolute atomic E-state index is 0.116. The van der Waals surface area contributed by atoms with E-state index in [9.17, 15) is 5.11 Å². The number of rotatable bonds is 2. The largest absolute Gasteiger partial charge is 0.392 e. The smallest absolute Gasteiger partial charge is 0.132 e. The Morgan fingerprint density at radius 2 is 2.00 bits per heavy atom. The highest BCUT2D eigenvalue weighted by Gasteiger charge is 2.45. The van der Waals surface area contributed by atoms with E-state index in [4.69, 9.17) is 0 Å². The van der Waals surface area contributed by atoms with Gasteiger partial charge in [-0.2, -0.15) is 0 Å². The molecule has 3 aliphatic rings. The van der Waals surface area contributed by atoms with Gasteiger partial charge in [0.1, 0.15) is 12.1 Å². The van der Waals surface area contributed by atoms with Gasteiger partial charge in [0, 0.05) is 36.2 Å². The van der Waals surface area contributed by atoms with Crippen LogP contribution in [0.4, 0.5) is 5.82 Å². The molecule has 4 nitrogen and oxygen atoms in total. The maximum Gasteiger partial charge on any atom is 0.132 e. The Labute approximate surface area is 120 Å². The molecule has 4 rings (SSSR count). The van der Waals surface area contributed by atoms with E-state index in [1.54, 1.807) is 6.33 Å². The van der Waals surface area contributed by atoms with E-state index in [1.165, 1.54) is 44.2 Å². The van der Waals surface area contributed by atoms with Crippen molar-refractivity contribution in [3.8, 4) is 0 Å². The monoisotopic (exact) mass is 273 g/mol. The summed E-state index contributed by atoms with van der Waals surface area (Å²) in [6.45, 7) is 2.03. The number of nitrogens with zero attached hydrogens (tertiary/aromatic N) is 3. The summed E-state index contributed by atoms with van der Waals surface area (Å²) < 4.78 is 0. The van der Waals surface area contributed by atoms with Crippen molar-refractivity contribution in [3.05, 3.63) is 18.1 Å². The third-order valence-corrected chi connectivity index (χ3v) is 5.46. The van der Waals surface area contributed by atoms with E-state index >= 15 is 0 Å². The Kier molecular flexibility index (Phi) is 2.95. The van der Waals surface area contributed by atoms with Gasteiger partial charge in [0.15, 0.2) is 0 Å². The van der Waals surface area contributed by atoms with E-state index in [0.717, 1.165) is 25.3 Å². The fourth-order valence-electron chi connectivity index (χ4n) is 4.09. The first-order valence-corrected chi connectivity index (χ1v) is 8.02. The zero-order valence-electron chi connectivity index (χ0n) is 12.0. The molecule has 1 saturated heterocycles. The summed E-state index contributed by atoms with van der Waals surface area (Å²) in [6, 6.07) is 2.18. The summed E-state index contributed by atoms with van der Waals surface area (Å²) >= 11 is 0. The molecule has 2 atom stereocenters. The van der Waals surface area contributed by atoms with Gasteiger partial charge in [-0.1, -0.05) is 6.42 Å². The zero-order chi connectivity index (χ0) is 13.6. The van der Waals surface area contributed by atoms with Crippen molar-refractivity contribution in [2.45, 2.75) is 57.0 Å². The molecule has 1 N–H and O–H groups in total. The average Bonchev–Trinajstić information content (AvgIpc) is 3.27. The third kappa shape index (κ3) is 2.10. The summed E-state index contributed by atoms with van der Waals surface area (Å²) in [5, 5.41) is 10.4. The fraction of sp³-hybridized carbons (Fsp3) is 0.750. The van der Waals surface area contributed by atoms with Crippen molar-refractivity contribution < 1.29 is 5.11 Å². The first-order chi connectivity index (χ1) is 9.77. The molecule has 2 aliphatic carbocycles. The maximum absolute atomic E-state index is 10.4. The predicted molar refractivity (Wildman–Crippen MR) is 77.7 cm³/mol. The number of anilines is 1. The summed E-state index contributed by atoms with van der Waals surface area (Å²) in [5.41, 5.74) is 1.34. The molecule has 1 spiro atoms. The first kappa shape index (κ1) is 12.6. The Morgan fingerprint density at radius 1 is 1.15 bits per heavy atom. The molecule has 0 radical (unpaired) electrons. The topological polar surface area (TPSA) is 49.2 Å². The summed E-state index contributed by atoms with van der Waals surface area (Å²) in [4.78, 5) is 11.3. The summed E-state index contributed by atoms with van der Waals surface area (Å²) in [5.74, 6) is 1.74. The molecule has 2 saturated carbocycles. The highest BCUT2D eigenvalue weighted by molar-refractivity contribution is 5.41. The van der Waals surface area contributed by atoms with Crippen molar-refractivity contribution in [1.29, 1.82) is 0 Å². The van der Waals surface area contributed by atoms with Crippen LogP contribution in [0.5, 0.6) is 0 Å². The van der Waals surface area contributed by atoms with Crippen molar-refractivity contribution in [2.75, 3.05) is 18.0 Å². The quantitative estimate of drug-likeness (QED) is 0.899.